The Hall–Kier alpha value is -1.69. The summed E-state index contributed by atoms with van der Waals surface area (Å²) in [7, 11) is 0. The van der Waals surface area contributed by atoms with Gasteiger partial charge in [0.2, 0.25) is 0 Å². The summed E-state index contributed by atoms with van der Waals surface area (Å²) in [4.78, 5) is 10.6. The molecule has 0 heterocycles. The lowest BCUT2D eigenvalue weighted by molar-refractivity contribution is 0.0696. The number of halogens is 2. The van der Waals surface area contributed by atoms with Gasteiger partial charge in [-0.2, -0.15) is 0 Å². The van der Waals surface area contributed by atoms with Gasteiger partial charge in [-0.15, -0.1) is 0 Å². The normalized spacial score (nSPS) is 11.4. The molecule has 6 heteroatoms. The first-order chi connectivity index (χ1) is 8.26. The van der Waals surface area contributed by atoms with Gasteiger partial charge >= 0.3 is 5.97 Å². The van der Waals surface area contributed by atoms with E-state index in [2.05, 4.69) is 5.32 Å². The van der Waals surface area contributed by atoms with Gasteiger partial charge in [0.25, 0.3) is 0 Å². The van der Waals surface area contributed by atoms with E-state index in [1.165, 1.54) is 0 Å². The maximum Gasteiger partial charge on any atom is 0.335 e. The van der Waals surface area contributed by atoms with E-state index in [-0.39, 0.29) is 6.61 Å². The van der Waals surface area contributed by atoms with E-state index in [1.54, 1.807) is 13.8 Å². The topological polar surface area (TPSA) is 69.6 Å². The highest BCUT2D eigenvalue weighted by Crippen LogP contribution is 2.25. The molecule has 0 amide bonds. The molecule has 18 heavy (non-hydrogen) atoms. The number of nitrogens with one attached hydrogen (secondary N) is 1. The highest BCUT2D eigenvalue weighted by Gasteiger charge is 2.22. The average Bonchev–Trinajstić information content (AvgIpc) is 2.22. The number of rotatable bonds is 5. The molecule has 0 unspecified atom stereocenters. The maximum absolute atomic E-state index is 13.6. The van der Waals surface area contributed by atoms with Crippen molar-refractivity contribution in [2.75, 3.05) is 11.9 Å². The molecule has 0 aliphatic rings. The predicted octanol–water partition coefficient (Wildman–Crippen LogP) is 2.24. The molecule has 0 fully saturated rings. The van der Waals surface area contributed by atoms with Crippen molar-refractivity contribution in [3.8, 4) is 0 Å². The van der Waals surface area contributed by atoms with Gasteiger partial charge in [-0.25, -0.2) is 13.6 Å². The third-order valence-electron chi connectivity index (χ3n) is 2.49. The van der Waals surface area contributed by atoms with Gasteiger partial charge in [0.15, 0.2) is 0 Å². The van der Waals surface area contributed by atoms with Crippen molar-refractivity contribution in [2.45, 2.75) is 25.8 Å². The van der Waals surface area contributed by atoms with Gasteiger partial charge < -0.3 is 15.5 Å². The zero-order valence-electron chi connectivity index (χ0n) is 10.1. The summed E-state index contributed by atoms with van der Waals surface area (Å²) in [6.07, 6.45) is 0.298. The zero-order chi connectivity index (χ0) is 13.9. The highest BCUT2D eigenvalue weighted by molar-refractivity contribution is 5.88. The fourth-order valence-electron chi connectivity index (χ4n) is 1.50. The number of aliphatic hydroxyl groups is 1. The Morgan fingerprint density at radius 3 is 2.22 bits per heavy atom. The maximum atomic E-state index is 13.6. The van der Waals surface area contributed by atoms with Gasteiger partial charge in [0.05, 0.1) is 5.56 Å². The number of hydrogen-bond donors (Lipinski definition) is 3. The van der Waals surface area contributed by atoms with Crippen molar-refractivity contribution in [3.05, 3.63) is 29.3 Å². The highest BCUT2D eigenvalue weighted by atomic mass is 19.1. The van der Waals surface area contributed by atoms with Gasteiger partial charge in [0, 0.05) is 12.1 Å². The standard InChI is InChI=1S/C12H15F2NO3/c1-12(2,3-4-16)15-10-8(13)5-7(11(17)18)6-9(10)14/h5-6,15-16H,3-4H2,1-2H3,(H,17,18). The number of aromatic carboxylic acids is 1. The Kier molecular flexibility index (Phi) is 4.24. The second kappa shape index (κ2) is 5.30. The monoisotopic (exact) mass is 259 g/mol. The Labute approximate surface area is 103 Å². The molecule has 4 nitrogen and oxygen atoms in total. The minimum atomic E-state index is -1.39. The largest absolute Gasteiger partial charge is 0.478 e. The van der Waals surface area contributed by atoms with Crippen molar-refractivity contribution in [1.29, 1.82) is 0 Å². The lowest BCUT2D eigenvalue weighted by Crippen LogP contribution is -2.33. The molecule has 0 atom stereocenters. The van der Waals surface area contributed by atoms with Crippen LogP contribution >= 0.6 is 0 Å². The SMILES string of the molecule is CC(C)(CCO)Nc1c(F)cc(C(=O)O)cc1F. The summed E-state index contributed by atoms with van der Waals surface area (Å²) in [6.45, 7) is 3.22. The fraction of sp³-hybridized carbons (Fsp3) is 0.417. The molecule has 100 valence electrons. The van der Waals surface area contributed by atoms with E-state index < -0.39 is 34.4 Å². The summed E-state index contributed by atoms with van der Waals surface area (Å²) in [5.41, 5.74) is -1.55. The van der Waals surface area contributed by atoms with Crippen LogP contribution in [0.3, 0.4) is 0 Å². The minimum Gasteiger partial charge on any atom is -0.478 e. The quantitative estimate of drug-likeness (QED) is 0.758. The van der Waals surface area contributed by atoms with Gasteiger partial charge in [0.1, 0.15) is 17.3 Å². The van der Waals surface area contributed by atoms with Crippen LogP contribution in [-0.4, -0.2) is 28.3 Å². The first kappa shape index (κ1) is 14.4. The first-order valence-corrected chi connectivity index (χ1v) is 5.38. The number of hydrogen-bond acceptors (Lipinski definition) is 3. The first-order valence-electron chi connectivity index (χ1n) is 5.38. The van der Waals surface area contributed by atoms with E-state index in [1.807, 2.05) is 0 Å². The third kappa shape index (κ3) is 3.40. The van der Waals surface area contributed by atoms with E-state index in [4.69, 9.17) is 10.2 Å². The lowest BCUT2D eigenvalue weighted by atomic mass is 10.0. The Bertz CT molecular complexity index is 438. The van der Waals surface area contributed by atoms with Crippen LogP contribution in [0.15, 0.2) is 12.1 Å². The number of carboxylic acids is 1. The third-order valence-corrected chi connectivity index (χ3v) is 2.49. The fourth-order valence-corrected chi connectivity index (χ4v) is 1.50. The van der Waals surface area contributed by atoms with Crippen LogP contribution in [0, 0.1) is 11.6 Å². The molecule has 0 aliphatic carbocycles. The smallest absolute Gasteiger partial charge is 0.335 e. The summed E-state index contributed by atoms with van der Waals surface area (Å²) >= 11 is 0. The molecule has 0 saturated carbocycles. The second-order valence-electron chi connectivity index (χ2n) is 4.60. The van der Waals surface area contributed by atoms with Crippen molar-refractivity contribution >= 4 is 11.7 Å². The molecule has 3 N–H and O–H groups in total. The zero-order valence-corrected chi connectivity index (χ0v) is 10.1. The summed E-state index contributed by atoms with van der Waals surface area (Å²) < 4.78 is 27.2. The Balaban J connectivity index is 3.08. The van der Waals surface area contributed by atoms with Gasteiger partial charge in [-0.3, -0.25) is 0 Å². The minimum absolute atomic E-state index is 0.129. The number of anilines is 1. The van der Waals surface area contributed by atoms with E-state index >= 15 is 0 Å². The molecule has 1 aromatic rings. The molecule has 0 radical (unpaired) electrons. The van der Waals surface area contributed by atoms with Gasteiger partial charge in [-0.1, -0.05) is 0 Å². The van der Waals surface area contributed by atoms with Crippen LogP contribution in [-0.2, 0) is 0 Å². The molecular weight excluding hydrogens is 244 g/mol. The molecule has 1 aromatic carbocycles. The van der Waals surface area contributed by atoms with Gasteiger partial charge in [-0.05, 0) is 32.4 Å². The number of carbonyl (C=O) groups is 1. The predicted molar refractivity (Wildman–Crippen MR) is 62.7 cm³/mol. The van der Waals surface area contributed by atoms with Crippen molar-refractivity contribution in [1.82, 2.24) is 0 Å². The van der Waals surface area contributed by atoms with E-state index in [9.17, 15) is 13.6 Å². The van der Waals surface area contributed by atoms with Crippen molar-refractivity contribution in [3.63, 3.8) is 0 Å². The number of aliphatic hydroxyl groups excluding tert-OH is 1. The number of carboxylic acid groups (broad SMARTS) is 1. The number of benzene rings is 1. The Morgan fingerprint density at radius 2 is 1.83 bits per heavy atom. The molecule has 0 spiro atoms. The van der Waals surface area contributed by atoms with E-state index in [0.717, 1.165) is 12.1 Å². The Morgan fingerprint density at radius 1 is 1.33 bits per heavy atom. The molecule has 0 aliphatic heterocycles. The van der Waals surface area contributed by atoms with Crippen LogP contribution in [0.2, 0.25) is 0 Å². The molecule has 0 saturated heterocycles. The van der Waals surface area contributed by atoms with Crippen LogP contribution in [0.1, 0.15) is 30.6 Å². The summed E-state index contributed by atoms with van der Waals surface area (Å²) in [6, 6.07) is 1.51. The molecule has 1 rings (SSSR count). The van der Waals surface area contributed by atoms with Crippen molar-refractivity contribution < 1.29 is 23.8 Å². The molecule has 0 bridgehead atoms. The lowest BCUT2D eigenvalue weighted by Gasteiger charge is -2.27. The van der Waals surface area contributed by atoms with Crippen molar-refractivity contribution in [2.24, 2.45) is 0 Å². The average molecular weight is 259 g/mol. The van der Waals surface area contributed by atoms with Crippen LogP contribution in [0.5, 0.6) is 0 Å². The molecule has 0 aromatic heterocycles. The van der Waals surface area contributed by atoms with Crippen LogP contribution < -0.4 is 5.32 Å². The van der Waals surface area contributed by atoms with Crippen LogP contribution in [0.4, 0.5) is 14.5 Å². The van der Waals surface area contributed by atoms with E-state index in [0.29, 0.717) is 6.42 Å². The summed E-state index contributed by atoms with van der Waals surface area (Å²) in [5.74, 6) is -3.34. The second-order valence-corrected chi connectivity index (χ2v) is 4.60. The van der Waals surface area contributed by atoms with Crippen LogP contribution in [0.25, 0.3) is 0 Å². The molecular formula is C12H15F2NO3. The summed E-state index contributed by atoms with van der Waals surface area (Å²) in [5, 5.41) is 20.1.